The maximum Gasteiger partial charge on any atom is 0.227 e. The van der Waals surface area contributed by atoms with E-state index in [1.54, 1.807) is 17.8 Å². The number of carbonyl (C=O) groups is 1. The number of hydrogen-bond acceptors (Lipinski definition) is 9. The van der Waals surface area contributed by atoms with Crippen LogP contribution in [0.5, 0.6) is 0 Å². The maximum absolute atomic E-state index is 12.0. The van der Waals surface area contributed by atoms with Crippen LogP contribution in [-0.2, 0) is 11.2 Å². The largest absolute Gasteiger partial charge is 0.394 e. The Morgan fingerprint density at radius 1 is 1.05 bits per heavy atom. The zero-order chi connectivity index (χ0) is 27.2. The normalized spacial score (nSPS) is 22.1. The molecule has 0 saturated heterocycles. The molecule has 0 unspecified atom stereocenters. The molecule has 2 aromatic heterocycles. The Bertz CT molecular complexity index is 1200. The molecule has 1 fully saturated rings. The quantitative estimate of drug-likeness (QED) is 0.208. The van der Waals surface area contributed by atoms with Crippen molar-refractivity contribution in [3.05, 3.63) is 42.2 Å². The number of anilines is 2. The summed E-state index contributed by atoms with van der Waals surface area (Å²) in [7, 11) is 0. The molecule has 38 heavy (non-hydrogen) atoms. The molecule has 1 saturated carbocycles. The molecule has 0 spiro atoms. The van der Waals surface area contributed by atoms with E-state index in [2.05, 4.69) is 34.8 Å². The van der Waals surface area contributed by atoms with Crippen LogP contribution in [0.15, 0.2) is 36.7 Å². The number of imidazole rings is 1. The van der Waals surface area contributed by atoms with Gasteiger partial charge in [-0.05, 0) is 31.2 Å². The number of rotatable bonds is 12. The van der Waals surface area contributed by atoms with E-state index in [-0.39, 0.29) is 24.6 Å². The number of amides is 1. The van der Waals surface area contributed by atoms with Crippen molar-refractivity contribution in [3.8, 4) is 0 Å². The Morgan fingerprint density at radius 2 is 1.79 bits per heavy atom. The van der Waals surface area contributed by atoms with Gasteiger partial charge in [-0.2, -0.15) is 9.97 Å². The molecule has 6 N–H and O–H groups in total. The van der Waals surface area contributed by atoms with Crippen molar-refractivity contribution in [1.29, 1.82) is 0 Å². The van der Waals surface area contributed by atoms with Crippen LogP contribution in [0, 0.1) is 0 Å². The van der Waals surface area contributed by atoms with Crippen LogP contribution >= 0.6 is 0 Å². The Balaban J connectivity index is 1.69. The second kappa shape index (κ2) is 12.5. The van der Waals surface area contributed by atoms with Crippen LogP contribution < -0.4 is 16.0 Å². The van der Waals surface area contributed by atoms with Crippen LogP contribution in [0.1, 0.15) is 58.1 Å². The molecule has 5 atom stereocenters. The highest BCUT2D eigenvalue weighted by molar-refractivity contribution is 5.84. The second-order valence-corrected chi connectivity index (χ2v) is 9.90. The molecule has 0 aliphatic heterocycles. The van der Waals surface area contributed by atoms with Crippen molar-refractivity contribution in [2.75, 3.05) is 17.2 Å². The molecule has 1 amide bonds. The van der Waals surface area contributed by atoms with Crippen LogP contribution in [0.3, 0.4) is 0 Å². The number of carbonyl (C=O) groups excluding carboxylic acids is 1. The minimum atomic E-state index is -1.11. The summed E-state index contributed by atoms with van der Waals surface area (Å²) < 4.78 is 1.75. The van der Waals surface area contributed by atoms with Crippen LogP contribution in [-0.4, -0.2) is 77.7 Å². The van der Waals surface area contributed by atoms with Gasteiger partial charge < -0.3 is 35.8 Å². The molecule has 11 heteroatoms. The Labute approximate surface area is 222 Å². The van der Waals surface area contributed by atoms with Gasteiger partial charge in [0, 0.05) is 12.5 Å². The number of aliphatic hydroxyl groups excluding tert-OH is 3. The zero-order valence-corrected chi connectivity index (χ0v) is 22.2. The number of hydrogen-bond donors (Lipinski definition) is 6. The first kappa shape index (κ1) is 27.7. The predicted molar refractivity (Wildman–Crippen MR) is 146 cm³/mol. The monoisotopic (exact) mass is 525 g/mol. The number of benzene rings is 1. The van der Waals surface area contributed by atoms with Gasteiger partial charge in [-0.3, -0.25) is 4.79 Å². The molecule has 3 aromatic rings. The topological polar surface area (TPSA) is 157 Å². The molecular weight excluding hydrogens is 486 g/mol. The third kappa shape index (κ3) is 6.06. The van der Waals surface area contributed by atoms with E-state index in [0.717, 1.165) is 18.4 Å². The number of aromatic nitrogens is 4. The Morgan fingerprint density at radius 3 is 2.45 bits per heavy atom. The smallest absolute Gasteiger partial charge is 0.227 e. The first-order valence-electron chi connectivity index (χ1n) is 13.5. The highest BCUT2D eigenvalue weighted by atomic mass is 16.3. The van der Waals surface area contributed by atoms with Crippen LogP contribution in [0.25, 0.3) is 11.2 Å². The highest BCUT2D eigenvalue weighted by Crippen LogP contribution is 2.34. The standard InChI is InChI=1S/C27H39N7O4/c1-4-17(5-2)29-25-22-26(33-27(32-25)30-18(14-35)12-16-10-8-7-9-11-16)34(15-28-22)20-13-19(23(37)24(20)38)31-21(36)6-3/h7-11,15,17-20,23-24,35,37-38H,4-6,12-14H2,1-3H3,(H,31,36)(H2,29,30,32,33)/t18-,19+,20-,23-,24+/m1/s1. The molecule has 4 rings (SSSR count). The van der Waals surface area contributed by atoms with Crippen LogP contribution in [0.4, 0.5) is 11.8 Å². The predicted octanol–water partition coefficient (Wildman–Crippen LogP) is 2.00. The Hall–Kier alpha value is -3.28. The van der Waals surface area contributed by atoms with Gasteiger partial charge in [0.2, 0.25) is 11.9 Å². The van der Waals surface area contributed by atoms with Crippen molar-refractivity contribution in [3.63, 3.8) is 0 Å². The molecule has 1 aliphatic carbocycles. The zero-order valence-electron chi connectivity index (χ0n) is 22.2. The molecule has 1 aliphatic rings. The number of fused-ring (bicyclic) bond motifs is 1. The number of aliphatic hydroxyl groups is 3. The maximum atomic E-state index is 12.0. The van der Waals surface area contributed by atoms with Crippen LogP contribution in [0.2, 0.25) is 0 Å². The van der Waals surface area contributed by atoms with E-state index in [1.165, 1.54) is 0 Å². The molecule has 0 bridgehead atoms. The van der Waals surface area contributed by atoms with Crippen molar-refractivity contribution < 1.29 is 20.1 Å². The fourth-order valence-corrected chi connectivity index (χ4v) is 4.99. The summed E-state index contributed by atoms with van der Waals surface area (Å²) in [5, 5.41) is 41.2. The molecule has 0 radical (unpaired) electrons. The fourth-order valence-electron chi connectivity index (χ4n) is 4.99. The minimum Gasteiger partial charge on any atom is -0.394 e. The number of nitrogens with one attached hydrogen (secondary N) is 3. The lowest BCUT2D eigenvalue weighted by Crippen LogP contribution is -2.42. The average molecular weight is 526 g/mol. The van der Waals surface area contributed by atoms with Gasteiger partial charge in [0.05, 0.1) is 31.1 Å². The third-order valence-corrected chi connectivity index (χ3v) is 7.30. The van der Waals surface area contributed by atoms with E-state index in [9.17, 15) is 20.1 Å². The van der Waals surface area contributed by atoms with E-state index in [4.69, 9.17) is 9.97 Å². The van der Waals surface area contributed by atoms with Crippen molar-refractivity contribution in [1.82, 2.24) is 24.8 Å². The molecule has 206 valence electrons. The lowest BCUT2D eigenvalue weighted by molar-refractivity contribution is -0.122. The SMILES string of the molecule is CCC(=O)N[C@H]1C[C@@H](n2cnc3c(NC(CC)CC)nc(N[C@@H](CO)Cc4ccccc4)nc32)[C@H](O)[C@@H]1O. The minimum absolute atomic E-state index is 0.114. The van der Waals surface area contributed by atoms with Crippen molar-refractivity contribution >= 4 is 28.8 Å². The van der Waals surface area contributed by atoms with E-state index in [0.29, 0.717) is 42.2 Å². The van der Waals surface area contributed by atoms with Gasteiger partial charge in [0.15, 0.2) is 17.0 Å². The van der Waals surface area contributed by atoms with Crippen molar-refractivity contribution in [2.24, 2.45) is 0 Å². The molecular formula is C27H39N7O4. The first-order valence-corrected chi connectivity index (χ1v) is 13.5. The highest BCUT2D eigenvalue weighted by Gasteiger charge is 2.43. The summed E-state index contributed by atoms with van der Waals surface area (Å²) in [6, 6.07) is 8.61. The first-order chi connectivity index (χ1) is 18.4. The van der Waals surface area contributed by atoms with E-state index < -0.39 is 24.3 Å². The van der Waals surface area contributed by atoms with Gasteiger partial charge in [-0.25, -0.2) is 4.98 Å². The van der Waals surface area contributed by atoms with Gasteiger partial charge in [0.1, 0.15) is 12.2 Å². The summed E-state index contributed by atoms with van der Waals surface area (Å²) in [4.78, 5) is 26.0. The number of nitrogens with zero attached hydrogens (tertiary/aromatic N) is 4. The summed E-state index contributed by atoms with van der Waals surface area (Å²) in [5.41, 5.74) is 2.11. The lowest BCUT2D eigenvalue weighted by atomic mass is 10.1. The molecule has 1 aromatic carbocycles. The summed E-state index contributed by atoms with van der Waals surface area (Å²) in [6.07, 6.45) is 2.36. The van der Waals surface area contributed by atoms with Gasteiger partial charge in [0.25, 0.3) is 0 Å². The molecule has 11 nitrogen and oxygen atoms in total. The van der Waals surface area contributed by atoms with Gasteiger partial charge >= 0.3 is 0 Å². The lowest BCUT2D eigenvalue weighted by Gasteiger charge is -2.21. The average Bonchev–Trinajstić information content (AvgIpc) is 3.47. The fraction of sp³-hybridized carbons (Fsp3) is 0.556. The second-order valence-electron chi connectivity index (χ2n) is 9.90. The third-order valence-electron chi connectivity index (χ3n) is 7.30. The summed E-state index contributed by atoms with van der Waals surface area (Å²) in [5.74, 6) is 0.702. The van der Waals surface area contributed by atoms with E-state index in [1.807, 2.05) is 30.3 Å². The Kier molecular flexibility index (Phi) is 9.13. The van der Waals surface area contributed by atoms with Crippen molar-refractivity contribution in [2.45, 2.75) is 89.3 Å². The van der Waals surface area contributed by atoms with Gasteiger partial charge in [-0.1, -0.05) is 51.1 Å². The van der Waals surface area contributed by atoms with E-state index >= 15 is 0 Å². The molecule has 2 heterocycles. The summed E-state index contributed by atoms with van der Waals surface area (Å²) >= 11 is 0. The van der Waals surface area contributed by atoms with Gasteiger partial charge in [-0.15, -0.1) is 0 Å². The summed E-state index contributed by atoms with van der Waals surface area (Å²) in [6.45, 7) is 5.82.